The molecule has 1 unspecified atom stereocenters. The predicted octanol–water partition coefficient (Wildman–Crippen LogP) is 2.84. The van der Waals surface area contributed by atoms with Gasteiger partial charge in [0.25, 0.3) is 11.8 Å². The number of benzene rings is 2. The fourth-order valence-corrected chi connectivity index (χ4v) is 6.87. The summed E-state index contributed by atoms with van der Waals surface area (Å²) < 4.78 is 29.0. The molecule has 188 valence electrons. The standard InChI is InChI=1S/C25H31BrN4O4S/c26-20-9-4-8-19(16-20)25(32)29-14-5-15-30(35(33,34)17-18-6-2-1-3-7-18)24(29)23(31)28-22-12-10-21(27)11-13-22/h1-4,6-9,16,21-22,24H,5,10-15,17,27H2,(H,28,31). The molecule has 2 fully saturated rings. The highest BCUT2D eigenvalue weighted by atomic mass is 79.9. The van der Waals surface area contributed by atoms with Crippen molar-refractivity contribution in [2.75, 3.05) is 13.1 Å². The first kappa shape index (κ1) is 25.8. The van der Waals surface area contributed by atoms with E-state index in [1.165, 1.54) is 9.21 Å². The molecule has 1 saturated heterocycles. The second-order valence-electron chi connectivity index (χ2n) is 9.21. The molecule has 0 radical (unpaired) electrons. The summed E-state index contributed by atoms with van der Waals surface area (Å²) >= 11 is 3.38. The molecule has 0 bridgehead atoms. The number of sulfonamides is 1. The summed E-state index contributed by atoms with van der Waals surface area (Å²) in [5.74, 6) is -1.09. The Hall–Kier alpha value is -2.27. The quantitative estimate of drug-likeness (QED) is 0.562. The lowest BCUT2D eigenvalue weighted by Gasteiger charge is -2.42. The maximum atomic E-state index is 13.6. The molecule has 2 aliphatic rings. The van der Waals surface area contributed by atoms with Gasteiger partial charge in [-0.3, -0.25) is 9.59 Å². The van der Waals surface area contributed by atoms with E-state index in [1.807, 2.05) is 12.1 Å². The van der Waals surface area contributed by atoms with Crippen LogP contribution in [-0.4, -0.2) is 60.8 Å². The highest BCUT2D eigenvalue weighted by Gasteiger charge is 2.44. The van der Waals surface area contributed by atoms with Gasteiger partial charge in [-0.15, -0.1) is 0 Å². The van der Waals surface area contributed by atoms with Gasteiger partial charge in [-0.2, -0.15) is 4.31 Å². The Morgan fingerprint density at radius 2 is 1.71 bits per heavy atom. The van der Waals surface area contributed by atoms with Crippen LogP contribution >= 0.6 is 15.9 Å². The molecule has 2 aromatic carbocycles. The normalized spacial score (nSPS) is 23.6. The van der Waals surface area contributed by atoms with E-state index in [2.05, 4.69) is 21.2 Å². The molecule has 4 rings (SSSR count). The summed E-state index contributed by atoms with van der Waals surface area (Å²) in [4.78, 5) is 28.5. The highest BCUT2D eigenvalue weighted by molar-refractivity contribution is 9.10. The summed E-state index contributed by atoms with van der Waals surface area (Å²) in [5, 5.41) is 3.02. The van der Waals surface area contributed by atoms with Gasteiger partial charge in [0.15, 0.2) is 6.17 Å². The van der Waals surface area contributed by atoms with Crippen LogP contribution in [0, 0.1) is 0 Å². The second-order valence-corrected chi connectivity index (χ2v) is 12.0. The zero-order valence-electron chi connectivity index (χ0n) is 19.5. The van der Waals surface area contributed by atoms with Gasteiger partial charge >= 0.3 is 0 Å². The fraction of sp³-hybridized carbons (Fsp3) is 0.440. The number of hydrogen-bond acceptors (Lipinski definition) is 5. The van der Waals surface area contributed by atoms with Gasteiger partial charge in [0.2, 0.25) is 10.0 Å². The molecular formula is C25H31BrN4O4S. The van der Waals surface area contributed by atoms with E-state index in [1.54, 1.807) is 42.5 Å². The minimum absolute atomic E-state index is 0.0919. The van der Waals surface area contributed by atoms with E-state index in [0.29, 0.717) is 17.5 Å². The van der Waals surface area contributed by atoms with Crippen LogP contribution in [0.15, 0.2) is 59.1 Å². The summed E-state index contributed by atoms with van der Waals surface area (Å²) in [6, 6.07) is 15.8. The Bertz CT molecular complexity index is 1150. The van der Waals surface area contributed by atoms with Crippen molar-refractivity contribution in [2.24, 2.45) is 5.73 Å². The first-order valence-corrected chi connectivity index (χ1v) is 14.3. The van der Waals surface area contributed by atoms with Crippen LogP contribution in [0.25, 0.3) is 0 Å². The first-order chi connectivity index (χ1) is 16.7. The second kappa shape index (κ2) is 11.2. The van der Waals surface area contributed by atoms with Crippen molar-refractivity contribution in [3.63, 3.8) is 0 Å². The lowest BCUT2D eigenvalue weighted by atomic mass is 9.92. The zero-order chi connectivity index (χ0) is 25.0. The maximum absolute atomic E-state index is 13.6. The van der Waals surface area contributed by atoms with Gasteiger partial charge in [0.05, 0.1) is 5.75 Å². The minimum atomic E-state index is -3.89. The first-order valence-electron chi connectivity index (χ1n) is 11.9. The molecular weight excluding hydrogens is 532 g/mol. The molecule has 1 heterocycles. The molecule has 1 saturated carbocycles. The number of nitrogens with zero attached hydrogens (tertiary/aromatic N) is 2. The lowest BCUT2D eigenvalue weighted by molar-refractivity contribution is -0.132. The van der Waals surface area contributed by atoms with Crippen molar-refractivity contribution in [3.05, 3.63) is 70.2 Å². The average molecular weight is 564 g/mol. The van der Waals surface area contributed by atoms with E-state index in [-0.39, 0.29) is 36.8 Å². The van der Waals surface area contributed by atoms with Crippen molar-refractivity contribution in [1.82, 2.24) is 14.5 Å². The largest absolute Gasteiger partial charge is 0.350 e. The third-order valence-electron chi connectivity index (χ3n) is 6.58. The minimum Gasteiger partial charge on any atom is -0.350 e. The number of hydrogen-bond donors (Lipinski definition) is 2. The van der Waals surface area contributed by atoms with Crippen LogP contribution in [0.1, 0.15) is 48.0 Å². The van der Waals surface area contributed by atoms with E-state index < -0.39 is 22.1 Å². The highest BCUT2D eigenvalue weighted by Crippen LogP contribution is 2.25. The number of amides is 2. The monoisotopic (exact) mass is 562 g/mol. The number of carbonyl (C=O) groups is 2. The topological polar surface area (TPSA) is 113 Å². The Morgan fingerprint density at radius 3 is 2.40 bits per heavy atom. The van der Waals surface area contributed by atoms with Crippen LogP contribution in [0.2, 0.25) is 0 Å². The SMILES string of the molecule is NC1CCC(NC(=O)C2N(C(=O)c3cccc(Br)c3)CCCN2S(=O)(=O)Cc2ccccc2)CC1. The summed E-state index contributed by atoms with van der Waals surface area (Å²) in [7, 11) is -3.89. The Morgan fingerprint density at radius 1 is 1.00 bits per heavy atom. The average Bonchev–Trinajstić information content (AvgIpc) is 2.85. The van der Waals surface area contributed by atoms with Crippen molar-refractivity contribution in [2.45, 2.75) is 56.1 Å². The number of rotatable bonds is 6. The van der Waals surface area contributed by atoms with Gasteiger partial charge in [0, 0.05) is 35.2 Å². The van der Waals surface area contributed by atoms with E-state index in [9.17, 15) is 18.0 Å². The smallest absolute Gasteiger partial charge is 0.259 e. The third kappa shape index (κ3) is 6.30. The van der Waals surface area contributed by atoms with Gasteiger partial charge in [-0.25, -0.2) is 8.42 Å². The summed E-state index contributed by atoms with van der Waals surface area (Å²) in [6.07, 6.45) is 2.25. The number of carbonyl (C=O) groups excluding carboxylic acids is 2. The molecule has 0 aromatic heterocycles. The van der Waals surface area contributed by atoms with Crippen LogP contribution < -0.4 is 11.1 Å². The van der Waals surface area contributed by atoms with E-state index >= 15 is 0 Å². The molecule has 3 N–H and O–H groups in total. The Labute approximate surface area is 215 Å². The van der Waals surface area contributed by atoms with Crippen molar-refractivity contribution >= 4 is 37.8 Å². The number of nitrogens with two attached hydrogens (primary N) is 1. The molecule has 2 amide bonds. The van der Waals surface area contributed by atoms with Crippen LogP contribution in [0.3, 0.4) is 0 Å². The van der Waals surface area contributed by atoms with Gasteiger partial charge in [0.1, 0.15) is 0 Å². The van der Waals surface area contributed by atoms with Crippen molar-refractivity contribution in [3.8, 4) is 0 Å². The molecule has 2 aromatic rings. The molecule has 0 spiro atoms. The van der Waals surface area contributed by atoms with Crippen molar-refractivity contribution in [1.29, 1.82) is 0 Å². The lowest BCUT2D eigenvalue weighted by Crippen LogP contribution is -2.64. The Kier molecular flexibility index (Phi) is 8.26. The van der Waals surface area contributed by atoms with E-state index in [4.69, 9.17) is 5.73 Å². The Balaban J connectivity index is 1.64. The number of nitrogens with one attached hydrogen (secondary N) is 1. The molecule has 1 aliphatic carbocycles. The fourth-order valence-electron chi connectivity index (χ4n) is 4.77. The molecule has 35 heavy (non-hydrogen) atoms. The number of halogens is 1. The third-order valence-corrected chi connectivity index (χ3v) is 8.87. The molecule has 1 aliphatic heterocycles. The summed E-state index contributed by atoms with van der Waals surface area (Å²) in [6.45, 7) is 0.460. The van der Waals surface area contributed by atoms with Crippen LogP contribution in [0.4, 0.5) is 0 Å². The van der Waals surface area contributed by atoms with Crippen LogP contribution in [-0.2, 0) is 20.6 Å². The van der Waals surface area contributed by atoms with Crippen molar-refractivity contribution < 1.29 is 18.0 Å². The zero-order valence-corrected chi connectivity index (χ0v) is 21.9. The van der Waals surface area contributed by atoms with E-state index in [0.717, 1.165) is 30.2 Å². The predicted molar refractivity (Wildman–Crippen MR) is 138 cm³/mol. The molecule has 8 nitrogen and oxygen atoms in total. The van der Waals surface area contributed by atoms with Crippen LogP contribution in [0.5, 0.6) is 0 Å². The summed E-state index contributed by atoms with van der Waals surface area (Å²) in [5.41, 5.74) is 7.02. The van der Waals surface area contributed by atoms with Gasteiger partial charge in [-0.05, 0) is 55.9 Å². The molecule has 10 heteroatoms. The maximum Gasteiger partial charge on any atom is 0.259 e. The van der Waals surface area contributed by atoms with Gasteiger partial charge < -0.3 is 16.0 Å². The molecule has 1 atom stereocenters. The van der Waals surface area contributed by atoms with Gasteiger partial charge in [-0.1, -0.05) is 52.3 Å².